The average molecular weight is 323 g/mol. The van der Waals surface area contributed by atoms with Crippen molar-refractivity contribution in [3.63, 3.8) is 0 Å². The fraction of sp³-hybridized carbons (Fsp3) is 0.294. The van der Waals surface area contributed by atoms with Gasteiger partial charge >= 0.3 is 0 Å². The number of rotatable bonds is 3. The van der Waals surface area contributed by atoms with Gasteiger partial charge in [-0.15, -0.1) is 0 Å². The number of pyridine rings is 2. The molecule has 7 nitrogen and oxygen atoms in total. The molecule has 0 N–H and O–H groups in total. The van der Waals surface area contributed by atoms with Crippen molar-refractivity contribution >= 4 is 11.7 Å². The third-order valence-corrected chi connectivity index (χ3v) is 3.96. The molecule has 2 aromatic heterocycles. The third kappa shape index (κ3) is 3.27. The lowest BCUT2D eigenvalue weighted by Crippen LogP contribution is -2.49. The van der Waals surface area contributed by atoms with Gasteiger partial charge in [0.05, 0.1) is 12.7 Å². The van der Waals surface area contributed by atoms with E-state index in [1.54, 1.807) is 30.6 Å². The van der Waals surface area contributed by atoms with E-state index in [0.29, 0.717) is 43.2 Å². The molecule has 0 atom stereocenters. The summed E-state index contributed by atoms with van der Waals surface area (Å²) in [6, 6.07) is 8.99. The van der Waals surface area contributed by atoms with Crippen molar-refractivity contribution in [2.45, 2.75) is 0 Å². The summed E-state index contributed by atoms with van der Waals surface area (Å²) in [6.45, 7) is 2.63. The first kappa shape index (κ1) is 15.7. The number of hydrogen-bond donors (Lipinski definition) is 0. The number of piperazine rings is 1. The van der Waals surface area contributed by atoms with Crippen LogP contribution in [0.1, 0.15) is 15.9 Å². The Hall–Kier alpha value is -3.14. The van der Waals surface area contributed by atoms with Gasteiger partial charge in [-0.25, -0.2) is 9.97 Å². The Morgan fingerprint density at radius 3 is 2.62 bits per heavy atom. The molecule has 24 heavy (non-hydrogen) atoms. The molecule has 3 rings (SSSR count). The van der Waals surface area contributed by atoms with Crippen LogP contribution < -0.4 is 9.64 Å². The molecule has 0 saturated carbocycles. The lowest BCUT2D eigenvalue weighted by atomic mass is 10.2. The second-order valence-corrected chi connectivity index (χ2v) is 5.38. The van der Waals surface area contributed by atoms with Gasteiger partial charge in [-0.1, -0.05) is 0 Å². The Labute approximate surface area is 140 Å². The second kappa shape index (κ2) is 6.96. The molecular formula is C17H17N5O2. The van der Waals surface area contributed by atoms with Crippen LogP contribution in [0.2, 0.25) is 0 Å². The van der Waals surface area contributed by atoms with Crippen molar-refractivity contribution in [3.05, 3.63) is 47.8 Å². The Kier molecular flexibility index (Phi) is 4.57. The fourth-order valence-corrected chi connectivity index (χ4v) is 2.61. The zero-order chi connectivity index (χ0) is 16.9. The largest absolute Gasteiger partial charge is 0.481 e. The molecule has 122 valence electrons. The summed E-state index contributed by atoms with van der Waals surface area (Å²) in [4.78, 5) is 24.8. The maximum atomic E-state index is 12.6. The first-order valence-corrected chi connectivity index (χ1v) is 7.61. The van der Waals surface area contributed by atoms with Crippen molar-refractivity contribution in [1.82, 2.24) is 14.9 Å². The van der Waals surface area contributed by atoms with E-state index in [9.17, 15) is 4.79 Å². The van der Waals surface area contributed by atoms with Gasteiger partial charge in [-0.05, 0) is 18.2 Å². The van der Waals surface area contributed by atoms with Gasteiger partial charge in [0.25, 0.3) is 5.91 Å². The molecule has 0 bridgehead atoms. The van der Waals surface area contributed by atoms with Crippen LogP contribution in [0.25, 0.3) is 0 Å². The van der Waals surface area contributed by atoms with Crippen LogP contribution in [-0.2, 0) is 0 Å². The van der Waals surface area contributed by atoms with Crippen LogP contribution in [0.15, 0.2) is 36.7 Å². The van der Waals surface area contributed by atoms with E-state index in [-0.39, 0.29) is 5.91 Å². The number of anilines is 1. The molecule has 0 unspecified atom stereocenters. The normalized spacial score (nSPS) is 14.2. The highest BCUT2D eigenvalue weighted by Gasteiger charge is 2.23. The molecule has 1 aliphatic heterocycles. The zero-order valence-corrected chi connectivity index (χ0v) is 13.3. The van der Waals surface area contributed by atoms with Crippen LogP contribution in [-0.4, -0.2) is 54.1 Å². The topological polar surface area (TPSA) is 82.4 Å². The first-order valence-electron chi connectivity index (χ1n) is 7.61. The highest BCUT2D eigenvalue weighted by molar-refractivity contribution is 5.94. The van der Waals surface area contributed by atoms with Gasteiger partial charge in [0.2, 0.25) is 5.88 Å². The van der Waals surface area contributed by atoms with Crippen LogP contribution in [0.5, 0.6) is 5.88 Å². The molecule has 2 aromatic rings. The van der Waals surface area contributed by atoms with E-state index in [1.807, 2.05) is 11.0 Å². The minimum atomic E-state index is -0.0249. The predicted octanol–water partition coefficient (Wildman–Crippen LogP) is 1.32. The van der Waals surface area contributed by atoms with E-state index in [0.717, 1.165) is 5.82 Å². The number of methoxy groups -OCH3 is 1. The molecular weight excluding hydrogens is 306 g/mol. The highest BCUT2D eigenvalue weighted by atomic mass is 16.5. The van der Waals surface area contributed by atoms with Crippen LogP contribution in [0.4, 0.5) is 5.82 Å². The monoisotopic (exact) mass is 323 g/mol. The van der Waals surface area contributed by atoms with Crippen molar-refractivity contribution in [1.29, 1.82) is 5.26 Å². The van der Waals surface area contributed by atoms with E-state index in [2.05, 4.69) is 20.9 Å². The van der Waals surface area contributed by atoms with Crippen molar-refractivity contribution in [3.8, 4) is 11.9 Å². The second-order valence-electron chi connectivity index (χ2n) is 5.38. The molecule has 0 radical (unpaired) electrons. The number of carbonyl (C=O) groups excluding carboxylic acids is 1. The molecule has 1 amide bonds. The summed E-state index contributed by atoms with van der Waals surface area (Å²) in [7, 11) is 1.53. The van der Waals surface area contributed by atoms with Crippen LogP contribution in [0.3, 0.4) is 0 Å². The van der Waals surface area contributed by atoms with Gasteiger partial charge in [0.15, 0.2) is 0 Å². The van der Waals surface area contributed by atoms with Gasteiger partial charge in [0, 0.05) is 50.2 Å². The molecule has 0 aliphatic carbocycles. The zero-order valence-electron chi connectivity index (χ0n) is 13.3. The minimum absolute atomic E-state index is 0.0249. The van der Waals surface area contributed by atoms with E-state index in [4.69, 9.17) is 10.00 Å². The minimum Gasteiger partial charge on any atom is -0.481 e. The third-order valence-electron chi connectivity index (χ3n) is 3.96. The van der Waals surface area contributed by atoms with Gasteiger partial charge in [-0.3, -0.25) is 4.79 Å². The molecule has 0 spiro atoms. The van der Waals surface area contributed by atoms with Crippen molar-refractivity contribution in [2.24, 2.45) is 0 Å². The quantitative estimate of drug-likeness (QED) is 0.847. The fourth-order valence-electron chi connectivity index (χ4n) is 2.61. The smallest absolute Gasteiger partial charge is 0.254 e. The molecule has 1 fully saturated rings. The lowest BCUT2D eigenvalue weighted by Gasteiger charge is -2.35. The molecule has 1 saturated heterocycles. The van der Waals surface area contributed by atoms with E-state index in [1.165, 1.54) is 7.11 Å². The van der Waals surface area contributed by atoms with Crippen LogP contribution in [0, 0.1) is 11.3 Å². The van der Waals surface area contributed by atoms with E-state index < -0.39 is 0 Å². The molecule has 3 heterocycles. The summed E-state index contributed by atoms with van der Waals surface area (Å²) in [5.41, 5.74) is 1.12. The average Bonchev–Trinajstić information content (AvgIpc) is 2.67. The maximum absolute atomic E-state index is 12.6. The molecule has 7 heteroatoms. The number of nitriles is 1. The Bertz CT molecular complexity index is 761. The summed E-state index contributed by atoms with van der Waals surface area (Å²) in [6.07, 6.45) is 3.14. The maximum Gasteiger partial charge on any atom is 0.254 e. The SMILES string of the molecule is COc1cc(C(=O)N2CCN(c3ccc(C#N)cn3)CC2)ccn1. The Morgan fingerprint density at radius 2 is 2.00 bits per heavy atom. The summed E-state index contributed by atoms with van der Waals surface area (Å²) in [5, 5.41) is 8.82. The highest BCUT2D eigenvalue weighted by Crippen LogP contribution is 2.16. The number of nitrogens with zero attached hydrogens (tertiary/aromatic N) is 5. The predicted molar refractivity (Wildman–Crippen MR) is 87.9 cm³/mol. The first-order chi connectivity index (χ1) is 11.7. The number of amides is 1. The van der Waals surface area contributed by atoms with Gasteiger partial charge in [0.1, 0.15) is 11.9 Å². The number of carbonyl (C=O) groups is 1. The Morgan fingerprint density at radius 1 is 1.21 bits per heavy atom. The summed E-state index contributed by atoms with van der Waals surface area (Å²) in [5.74, 6) is 1.23. The Balaban J connectivity index is 1.63. The van der Waals surface area contributed by atoms with Crippen molar-refractivity contribution in [2.75, 3.05) is 38.2 Å². The van der Waals surface area contributed by atoms with Gasteiger partial charge < -0.3 is 14.5 Å². The van der Waals surface area contributed by atoms with E-state index >= 15 is 0 Å². The standard InChI is InChI=1S/C17H17N5O2/c1-24-16-10-14(4-5-19-16)17(23)22-8-6-21(7-9-22)15-3-2-13(11-18)12-20-15/h2-5,10,12H,6-9H2,1H3. The van der Waals surface area contributed by atoms with Crippen LogP contribution >= 0.6 is 0 Å². The lowest BCUT2D eigenvalue weighted by molar-refractivity contribution is 0.0746. The summed E-state index contributed by atoms with van der Waals surface area (Å²) >= 11 is 0. The summed E-state index contributed by atoms with van der Waals surface area (Å²) < 4.78 is 5.06. The number of aromatic nitrogens is 2. The number of hydrogen-bond acceptors (Lipinski definition) is 6. The van der Waals surface area contributed by atoms with Gasteiger partial charge in [-0.2, -0.15) is 5.26 Å². The molecule has 1 aliphatic rings. The number of ether oxygens (including phenoxy) is 1. The van der Waals surface area contributed by atoms with Crippen molar-refractivity contribution < 1.29 is 9.53 Å². The molecule has 0 aromatic carbocycles.